The summed E-state index contributed by atoms with van der Waals surface area (Å²) in [4.78, 5) is 21.9. The first-order chi connectivity index (χ1) is 9.47. The first kappa shape index (κ1) is 14.4. The summed E-state index contributed by atoms with van der Waals surface area (Å²) >= 11 is 0. The molecule has 0 spiro atoms. The number of nitrogens with one attached hydrogen (secondary N) is 1. The number of carbonyl (C=O) groups is 2. The normalized spacial score (nSPS) is 17.9. The van der Waals surface area contributed by atoms with E-state index in [0.29, 0.717) is 12.0 Å². The molecule has 0 aromatic heterocycles. The van der Waals surface area contributed by atoms with Gasteiger partial charge < -0.3 is 15.5 Å². The topological polar surface area (TPSA) is 86.6 Å². The molecule has 0 aliphatic heterocycles. The van der Waals surface area contributed by atoms with Crippen molar-refractivity contribution in [3.05, 3.63) is 28.8 Å². The van der Waals surface area contributed by atoms with Gasteiger partial charge in [-0.15, -0.1) is 0 Å². The molecule has 5 heteroatoms. The zero-order valence-corrected chi connectivity index (χ0v) is 11.5. The Morgan fingerprint density at radius 3 is 2.65 bits per heavy atom. The predicted molar refractivity (Wildman–Crippen MR) is 73.7 cm³/mol. The van der Waals surface area contributed by atoms with Crippen molar-refractivity contribution in [1.29, 1.82) is 0 Å². The second-order valence-electron chi connectivity index (χ2n) is 5.26. The molecule has 108 valence electrons. The van der Waals surface area contributed by atoms with Gasteiger partial charge in [0, 0.05) is 18.5 Å². The van der Waals surface area contributed by atoms with Gasteiger partial charge in [0.25, 0.3) is 0 Å². The molecule has 1 unspecified atom stereocenters. The van der Waals surface area contributed by atoms with Crippen molar-refractivity contribution in [3.63, 3.8) is 0 Å². The lowest BCUT2D eigenvalue weighted by atomic mass is 9.97. The van der Waals surface area contributed by atoms with Gasteiger partial charge in [0.05, 0.1) is 6.42 Å². The minimum absolute atomic E-state index is 0.0447. The summed E-state index contributed by atoms with van der Waals surface area (Å²) in [6.45, 7) is 1.50. The fourth-order valence-corrected chi connectivity index (χ4v) is 2.77. The average Bonchev–Trinajstić information content (AvgIpc) is 2.55. The zero-order valence-electron chi connectivity index (χ0n) is 11.5. The fraction of sp³-hybridized carbons (Fsp3) is 0.467. The molecular weight excluding hydrogens is 258 g/mol. The highest BCUT2D eigenvalue weighted by Crippen LogP contribution is 2.31. The van der Waals surface area contributed by atoms with Gasteiger partial charge in [0.1, 0.15) is 5.75 Å². The SMILES string of the molecule is CC(=O)NC1CCc2ccc(CC(=O)O)c(O)c2CC1. The van der Waals surface area contributed by atoms with Crippen molar-refractivity contribution in [1.82, 2.24) is 5.32 Å². The number of hydrogen-bond donors (Lipinski definition) is 3. The standard InChI is InChI=1S/C15H19NO4/c1-9(17)16-12-5-4-10-2-3-11(8-14(18)19)15(20)13(10)7-6-12/h2-3,12,20H,4-8H2,1H3,(H,16,17)(H,18,19). The van der Waals surface area contributed by atoms with Crippen LogP contribution in [-0.4, -0.2) is 28.1 Å². The Morgan fingerprint density at radius 1 is 1.30 bits per heavy atom. The van der Waals surface area contributed by atoms with E-state index >= 15 is 0 Å². The summed E-state index contributed by atoms with van der Waals surface area (Å²) in [5.74, 6) is -0.893. The Balaban J connectivity index is 2.20. The Morgan fingerprint density at radius 2 is 2.00 bits per heavy atom. The summed E-state index contributed by atoms with van der Waals surface area (Å²) < 4.78 is 0. The number of phenols is 1. The van der Waals surface area contributed by atoms with Crippen molar-refractivity contribution < 1.29 is 19.8 Å². The van der Waals surface area contributed by atoms with E-state index in [9.17, 15) is 14.7 Å². The monoisotopic (exact) mass is 277 g/mol. The number of carboxylic acids is 1. The predicted octanol–water partition coefficient (Wildman–Crippen LogP) is 1.40. The van der Waals surface area contributed by atoms with Crippen LogP contribution >= 0.6 is 0 Å². The molecule has 0 heterocycles. The number of carbonyl (C=O) groups excluding carboxylic acids is 1. The van der Waals surface area contributed by atoms with Crippen molar-refractivity contribution in [2.24, 2.45) is 0 Å². The third-order valence-corrected chi connectivity index (χ3v) is 3.72. The fourth-order valence-electron chi connectivity index (χ4n) is 2.77. The first-order valence-corrected chi connectivity index (χ1v) is 6.79. The third kappa shape index (κ3) is 3.29. The minimum atomic E-state index is -0.954. The van der Waals surface area contributed by atoms with Gasteiger partial charge in [0.15, 0.2) is 0 Å². The Hall–Kier alpha value is -2.04. The number of carboxylic acid groups (broad SMARTS) is 1. The number of rotatable bonds is 3. The first-order valence-electron chi connectivity index (χ1n) is 6.79. The second-order valence-corrected chi connectivity index (χ2v) is 5.26. The molecule has 1 aromatic carbocycles. The molecule has 1 aliphatic carbocycles. The lowest BCUT2D eigenvalue weighted by Gasteiger charge is -2.14. The summed E-state index contributed by atoms with van der Waals surface area (Å²) in [6, 6.07) is 3.69. The number of amides is 1. The van der Waals surface area contributed by atoms with Gasteiger partial charge in [-0.05, 0) is 36.8 Å². The summed E-state index contributed by atoms with van der Waals surface area (Å²) in [7, 11) is 0. The zero-order chi connectivity index (χ0) is 14.7. The number of aliphatic carboxylic acids is 1. The quantitative estimate of drug-likeness (QED) is 0.729. The lowest BCUT2D eigenvalue weighted by molar-refractivity contribution is -0.136. The van der Waals surface area contributed by atoms with E-state index in [1.165, 1.54) is 6.92 Å². The highest BCUT2D eigenvalue weighted by atomic mass is 16.4. The summed E-state index contributed by atoms with van der Waals surface area (Å²) in [5, 5.41) is 22.0. The molecule has 1 amide bonds. The van der Waals surface area contributed by atoms with E-state index < -0.39 is 5.97 Å². The van der Waals surface area contributed by atoms with E-state index in [0.717, 1.165) is 30.4 Å². The van der Waals surface area contributed by atoms with Crippen LogP contribution in [0.5, 0.6) is 5.75 Å². The maximum Gasteiger partial charge on any atom is 0.307 e. The van der Waals surface area contributed by atoms with Crippen LogP contribution in [0.1, 0.15) is 36.5 Å². The van der Waals surface area contributed by atoms with Gasteiger partial charge in [-0.2, -0.15) is 0 Å². The van der Waals surface area contributed by atoms with Crippen LogP contribution in [0.2, 0.25) is 0 Å². The lowest BCUT2D eigenvalue weighted by Crippen LogP contribution is -2.33. The van der Waals surface area contributed by atoms with Crippen LogP contribution < -0.4 is 5.32 Å². The van der Waals surface area contributed by atoms with Crippen LogP contribution in [0, 0.1) is 0 Å². The van der Waals surface area contributed by atoms with Crippen LogP contribution in [-0.2, 0) is 28.9 Å². The number of hydrogen-bond acceptors (Lipinski definition) is 3. The van der Waals surface area contributed by atoms with Gasteiger partial charge in [0.2, 0.25) is 5.91 Å². The molecule has 1 aromatic rings. The number of aromatic hydroxyl groups is 1. The van der Waals surface area contributed by atoms with Crippen LogP contribution in [0.25, 0.3) is 0 Å². The molecule has 20 heavy (non-hydrogen) atoms. The van der Waals surface area contributed by atoms with Crippen molar-refractivity contribution in [2.45, 2.75) is 45.1 Å². The van der Waals surface area contributed by atoms with E-state index in [1.54, 1.807) is 6.07 Å². The average molecular weight is 277 g/mol. The highest BCUT2D eigenvalue weighted by Gasteiger charge is 2.21. The number of fused-ring (bicyclic) bond motifs is 1. The Bertz CT molecular complexity index is 539. The Labute approximate surface area is 117 Å². The number of benzene rings is 1. The molecule has 3 N–H and O–H groups in total. The number of aryl methyl sites for hydroxylation is 1. The van der Waals surface area contributed by atoms with Gasteiger partial charge in [-0.25, -0.2) is 0 Å². The van der Waals surface area contributed by atoms with Crippen molar-refractivity contribution in [3.8, 4) is 5.75 Å². The molecule has 0 fully saturated rings. The molecule has 0 radical (unpaired) electrons. The van der Waals surface area contributed by atoms with E-state index in [2.05, 4.69) is 5.32 Å². The third-order valence-electron chi connectivity index (χ3n) is 3.72. The maximum atomic E-state index is 11.1. The maximum absolute atomic E-state index is 11.1. The summed E-state index contributed by atoms with van der Waals surface area (Å²) in [6.07, 6.45) is 2.86. The highest BCUT2D eigenvalue weighted by molar-refractivity contribution is 5.73. The molecule has 2 rings (SSSR count). The van der Waals surface area contributed by atoms with Gasteiger partial charge in [-0.3, -0.25) is 9.59 Å². The van der Waals surface area contributed by atoms with Crippen molar-refractivity contribution >= 4 is 11.9 Å². The number of phenolic OH excluding ortho intramolecular Hbond substituents is 1. The molecular formula is C15H19NO4. The van der Waals surface area contributed by atoms with E-state index in [-0.39, 0.29) is 24.1 Å². The smallest absolute Gasteiger partial charge is 0.307 e. The largest absolute Gasteiger partial charge is 0.507 e. The minimum Gasteiger partial charge on any atom is -0.507 e. The molecule has 0 bridgehead atoms. The van der Waals surface area contributed by atoms with E-state index in [1.807, 2.05) is 6.07 Å². The van der Waals surface area contributed by atoms with Gasteiger partial charge >= 0.3 is 5.97 Å². The molecule has 0 saturated carbocycles. The van der Waals surface area contributed by atoms with Crippen molar-refractivity contribution in [2.75, 3.05) is 0 Å². The Kier molecular flexibility index (Phi) is 4.27. The van der Waals surface area contributed by atoms with Gasteiger partial charge in [-0.1, -0.05) is 12.1 Å². The molecule has 5 nitrogen and oxygen atoms in total. The summed E-state index contributed by atoms with van der Waals surface area (Å²) in [5.41, 5.74) is 2.33. The van der Waals surface area contributed by atoms with E-state index in [4.69, 9.17) is 5.11 Å². The molecule has 1 atom stereocenters. The van der Waals surface area contributed by atoms with Crippen LogP contribution in [0.15, 0.2) is 12.1 Å². The molecule has 0 saturated heterocycles. The second kappa shape index (κ2) is 5.94. The molecule has 1 aliphatic rings. The van der Waals surface area contributed by atoms with Crippen LogP contribution in [0.3, 0.4) is 0 Å². The van der Waals surface area contributed by atoms with Crippen LogP contribution in [0.4, 0.5) is 0 Å².